The molecule has 2 fully saturated rings. The first-order valence-corrected chi connectivity index (χ1v) is 21.1. The molecule has 4 N–H and O–H groups in total. The number of aliphatic hydroxyl groups is 4. The van der Waals surface area contributed by atoms with Crippen molar-refractivity contribution in [1.29, 1.82) is 0 Å². The molecule has 3 rings (SSSR count). The Balaban J connectivity index is 1.97. The van der Waals surface area contributed by atoms with E-state index in [-0.39, 0.29) is 47.6 Å². The molecule has 18 atom stereocenters. The topological polar surface area (TPSA) is 160 Å². The number of aliphatic hydroxyl groups excluding tert-OH is 4. The molecule has 0 radical (unpaired) electrons. The van der Waals surface area contributed by atoms with Gasteiger partial charge in [-0.3, -0.25) is 9.59 Å². The zero-order valence-electron chi connectivity index (χ0n) is 35.5. The standard InChI is InChI=1S/C45H74O10/c1-12-35-17-15-13-14-16-26(3)39(48)30(7)41(50)32(9)43(52)33(10)42(51)31(8)40(49)27(4)18-21-38(47)53-44-29(6)36(20-19-35)54-45(34(44)11)23-22-25(2)37(55-45)24-28(5)46/h13-15,17-18,21,25-37,39-40,43-44,46,48-49,52H,12,16,19-20,22-24H2,1-11H3/b14-13+,17-15+,21-18+/t25-,26+,27-,28?,29+,30-,31-,32+,33-,34-,35-,36-,37-,39-,40+,43-,44+,45-/m1/s1. The average molecular weight is 775 g/mol. The molecule has 10 nitrogen and oxygen atoms in total. The fraction of sp³-hybridized carbons (Fsp3) is 0.800. The highest BCUT2D eigenvalue weighted by Crippen LogP contribution is 2.49. The molecule has 2 bridgehead atoms. The number of rotatable bonds is 3. The number of esters is 1. The maximum atomic E-state index is 13.5. The van der Waals surface area contributed by atoms with Crippen molar-refractivity contribution in [2.45, 2.75) is 170 Å². The van der Waals surface area contributed by atoms with E-state index in [9.17, 15) is 34.8 Å². The molecule has 0 aromatic heterocycles. The van der Waals surface area contributed by atoms with E-state index in [4.69, 9.17) is 14.2 Å². The Labute approximate surface area is 331 Å². The van der Waals surface area contributed by atoms with E-state index in [0.717, 1.165) is 25.7 Å². The van der Waals surface area contributed by atoms with Crippen LogP contribution >= 0.6 is 0 Å². The summed E-state index contributed by atoms with van der Waals surface area (Å²) >= 11 is 0. The molecule has 0 aliphatic carbocycles. The third-order valence-electron chi connectivity index (χ3n) is 13.4. The van der Waals surface area contributed by atoms with E-state index in [1.807, 2.05) is 32.1 Å². The summed E-state index contributed by atoms with van der Waals surface area (Å²) in [5, 5.41) is 43.8. The van der Waals surface area contributed by atoms with E-state index in [1.165, 1.54) is 6.08 Å². The molecule has 0 saturated carbocycles. The van der Waals surface area contributed by atoms with E-state index in [2.05, 4.69) is 26.8 Å². The van der Waals surface area contributed by atoms with Crippen LogP contribution in [0.3, 0.4) is 0 Å². The molecule has 0 amide bonds. The van der Waals surface area contributed by atoms with Crippen molar-refractivity contribution in [1.82, 2.24) is 0 Å². The molecule has 2 saturated heterocycles. The molecular weight excluding hydrogens is 700 g/mol. The predicted molar refractivity (Wildman–Crippen MR) is 213 cm³/mol. The second-order valence-electron chi connectivity index (χ2n) is 17.7. The Morgan fingerprint density at radius 1 is 0.764 bits per heavy atom. The number of carbonyl (C=O) groups excluding carboxylic acids is 3. The minimum atomic E-state index is -1.30. The molecule has 55 heavy (non-hydrogen) atoms. The number of carbonyl (C=O) groups is 3. The van der Waals surface area contributed by atoms with Crippen LogP contribution in [0.25, 0.3) is 0 Å². The second-order valence-corrected chi connectivity index (χ2v) is 17.7. The molecule has 1 spiro atoms. The third-order valence-corrected chi connectivity index (χ3v) is 13.4. The smallest absolute Gasteiger partial charge is 0.330 e. The Kier molecular flexibility index (Phi) is 18.0. The van der Waals surface area contributed by atoms with Gasteiger partial charge in [0.1, 0.15) is 17.7 Å². The van der Waals surface area contributed by atoms with Crippen LogP contribution in [0.5, 0.6) is 0 Å². The van der Waals surface area contributed by atoms with Crippen LogP contribution in [0.1, 0.15) is 121 Å². The van der Waals surface area contributed by atoms with E-state index >= 15 is 0 Å². The van der Waals surface area contributed by atoms with Crippen LogP contribution in [0, 0.1) is 59.2 Å². The minimum Gasteiger partial charge on any atom is -0.458 e. The highest BCUT2D eigenvalue weighted by atomic mass is 16.7. The lowest BCUT2D eigenvalue weighted by Gasteiger charge is -2.55. The van der Waals surface area contributed by atoms with Crippen molar-refractivity contribution in [2.24, 2.45) is 59.2 Å². The number of ketones is 2. The summed E-state index contributed by atoms with van der Waals surface area (Å²) in [7, 11) is 0. The van der Waals surface area contributed by atoms with Gasteiger partial charge in [0, 0.05) is 53.9 Å². The van der Waals surface area contributed by atoms with Crippen LogP contribution in [0.15, 0.2) is 36.5 Å². The molecule has 1 unspecified atom stereocenters. The van der Waals surface area contributed by atoms with Crippen molar-refractivity contribution in [2.75, 3.05) is 0 Å². The van der Waals surface area contributed by atoms with Gasteiger partial charge in [0.15, 0.2) is 5.79 Å². The highest BCUT2D eigenvalue weighted by Gasteiger charge is 2.56. The van der Waals surface area contributed by atoms with Crippen LogP contribution < -0.4 is 0 Å². The van der Waals surface area contributed by atoms with Gasteiger partial charge in [-0.25, -0.2) is 4.79 Å². The lowest BCUT2D eigenvalue weighted by molar-refractivity contribution is -0.371. The first-order chi connectivity index (χ1) is 25.8. The minimum absolute atomic E-state index is 0.144. The van der Waals surface area contributed by atoms with Crippen molar-refractivity contribution in [3.8, 4) is 0 Å². The lowest BCUT2D eigenvalue weighted by atomic mass is 9.74. The zero-order chi connectivity index (χ0) is 41.4. The van der Waals surface area contributed by atoms with E-state index < -0.39 is 77.6 Å². The number of allylic oxidation sites excluding steroid dienone is 4. The summed E-state index contributed by atoms with van der Waals surface area (Å²) in [4.78, 5) is 40.4. The SMILES string of the molecule is CC[C@@H]1/C=C/C=C/C[C@H](C)[C@@H](O)[C@@H](C)C(=O)[C@H](C)[C@@H](O)[C@H](C)C(=O)[C@H](C)[C@@H](O)[C@H](C)/C=C/C(=O)O[C@H]2[C@@H](C)[C@@H](CC1)O[C@@]1(CC[C@@H](C)[C@@H](CC(C)O)O1)[C@@H]2C. The molecule has 10 heteroatoms. The zero-order valence-corrected chi connectivity index (χ0v) is 35.5. The van der Waals surface area contributed by atoms with E-state index in [0.29, 0.717) is 19.3 Å². The predicted octanol–water partition coefficient (Wildman–Crippen LogP) is 6.77. The molecule has 0 aromatic carbocycles. The summed E-state index contributed by atoms with van der Waals surface area (Å²) in [5.74, 6) is -6.53. The summed E-state index contributed by atoms with van der Waals surface area (Å²) in [6, 6.07) is 0. The monoisotopic (exact) mass is 775 g/mol. The van der Waals surface area contributed by atoms with Crippen LogP contribution in [0.2, 0.25) is 0 Å². The van der Waals surface area contributed by atoms with Gasteiger partial charge in [-0.1, -0.05) is 99.6 Å². The molecular formula is C45H74O10. The fourth-order valence-electron chi connectivity index (χ4n) is 8.95. The second kappa shape index (κ2) is 21.0. The first kappa shape index (κ1) is 47.2. The highest BCUT2D eigenvalue weighted by molar-refractivity contribution is 5.87. The Bertz CT molecular complexity index is 1340. The first-order valence-electron chi connectivity index (χ1n) is 21.1. The molecule has 3 heterocycles. The maximum absolute atomic E-state index is 13.5. The summed E-state index contributed by atoms with van der Waals surface area (Å²) in [5.41, 5.74) is 0. The number of hydrogen-bond donors (Lipinski definition) is 4. The molecule has 3 aliphatic rings. The van der Waals surface area contributed by atoms with Gasteiger partial charge in [-0.2, -0.15) is 0 Å². The van der Waals surface area contributed by atoms with E-state index in [1.54, 1.807) is 47.6 Å². The summed E-state index contributed by atoms with van der Waals surface area (Å²) in [6.45, 7) is 20.1. The van der Waals surface area contributed by atoms with Crippen molar-refractivity contribution in [3.63, 3.8) is 0 Å². The Hall–Kier alpha value is -2.21. The van der Waals surface area contributed by atoms with Gasteiger partial charge >= 0.3 is 5.97 Å². The average Bonchev–Trinajstić information content (AvgIpc) is 3.16. The number of fused-ring (bicyclic) bond motifs is 2. The van der Waals surface area contributed by atoms with Crippen LogP contribution in [-0.2, 0) is 28.6 Å². The molecule has 0 aromatic rings. The number of hydrogen-bond acceptors (Lipinski definition) is 10. The van der Waals surface area contributed by atoms with Crippen molar-refractivity contribution in [3.05, 3.63) is 36.5 Å². The Morgan fingerprint density at radius 3 is 1.96 bits per heavy atom. The lowest BCUT2D eigenvalue weighted by Crippen LogP contribution is -2.62. The Morgan fingerprint density at radius 2 is 1.36 bits per heavy atom. The van der Waals surface area contributed by atoms with Gasteiger partial charge < -0.3 is 34.6 Å². The van der Waals surface area contributed by atoms with Crippen molar-refractivity contribution >= 4 is 17.5 Å². The van der Waals surface area contributed by atoms with Gasteiger partial charge in [0.05, 0.1) is 36.6 Å². The molecule has 314 valence electrons. The number of Topliss-reactive ketones (excluding diaryl/α,β-unsaturated/α-hetero) is 2. The van der Waals surface area contributed by atoms with Gasteiger partial charge in [0.25, 0.3) is 0 Å². The van der Waals surface area contributed by atoms with Crippen molar-refractivity contribution < 1.29 is 49.0 Å². The van der Waals surface area contributed by atoms with Gasteiger partial charge in [-0.05, 0) is 63.2 Å². The van der Waals surface area contributed by atoms with Crippen LogP contribution in [-0.4, -0.2) is 86.5 Å². The molecule has 3 aliphatic heterocycles. The van der Waals surface area contributed by atoms with Gasteiger partial charge in [-0.15, -0.1) is 0 Å². The fourth-order valence-corrected chi connectivity index (χ4v) is 8.95. The largest absolute Gasteiger partial charge is 0.458 e. The summed E-state index contributed by atoms with van der Waals surface area (Å²) in [6.07, 6.45) is 11.1. The third kappa shape index (κ3) is 11.9. The summed E-state index contributed by atoms with van der Waals surface area (Å²) < 4.78 is 20.0. The van der Waals surface area contributed by atoms with Crippen LogP contribution in [0.4, 0.5) is 0 Å². The quantitative estimate of drug-likeness (QED) is 0.226. The number of ether oxygens (including phenoxy) is 3. The maximum Gasteiger partial charge on any atom is 0.330 e. The van der Waals surface area contributed by atoms with Gasteiger partial charge in [0.2, 0.25) is 0 Å². The normalized spacial score (nSPS) is 46.1.